The number of benzene rings is 2. The maximum atomic E-state index is 12.7. The lowest BCUT2D eigenvalue weighted by Crippen LogP contribution is -2.24. The Morgan fingerprint density at radius 1 is 0.880 bits per heavy atom. The predicted molar refractivity (Wildman–Crippen MR) is 95.5 cm³/mol. The van der Waals surface area contributed by atoms with Crippen molar-refractivity contribution in [3.05, 3.63) is 65.9 Å². The topological polar surface area (TPSA) is 66.1 Å². The van der Waals surface area contributed by atoms with Crippen molar-refractivity contribution < 1.29 is 9.59 Å². The molecule has 120 valence electrons. The summed E-state index contributed by atoms with van der Waals surface area (Å²) in [7, 11) is 1.50. The molecule has 25 heavy (non-hydrogen) atoms. The summed E-state index contributed by atoms with van der Waals surface area (Å²) >= 11 is 0. The lowest BCUT2D eigenvalue weighted by Gasteiger charge is -2.06. The molecule has 5 heteroatoms. The van der Waals surface area contributed by atoms with Gasteiger partial charge in [-0.05, 0) is 6.07 Å². The minimum atomic E-state index is -0.357. The molecule has 0 saturated heterocycles. The zero-order valence-electron chi connectivity index (χ0n) is 13.4. The molecule has 5 nitrogen and oxygen atoms in total. The number of pyridine rings is 1. The van der Waals surface area contributed by atoms with Crippen molar-refractivity contribution in [3.8, 4) is 11.3 Å². The average Bonchev–Trinajstić information content (AvgIpc) is 3.13. The third-order valence-corrected chi connectivity index (χ3v) is 4.73. The van der Waals surface area contributed by atoms with Crippen LogP contribution in [0.3, 0.4) is 0 Å². The van der Waals surface area contributed by atoms with E-state index in [2.05, 4.69) is 9.97 Å². The van der Waals surface area contributed by atoms with Gasteiger partial charge in [0.1, 0.15) is 5.69 Å². The Bertz CT molecular complexity index is 1190. The molecule has 0 spiro atoms. The van der Waals surface area contributed by atoms with Crippen molar-refractivity contribution in [2.24, 2.45) is 0 Å². The number of para-hydroxylation sites is 1. The number of amides is 2. The lowest BCUT2D eigenvalue weighted by molar-refractivity contribution is 0.0692. The van der Waals surface area contributed by atoms with Crippen LogP contribution in [0.4, 0.5) is 0 Å². The van der Waals surface area contributed by atoms with E-state index in [1.165, 1.54) is 7.05 Å². The van der Waals surface area contributed by atoms with Crippen LogP contribution < -0.4 is 0 Å². The van der Waals surface area contributed by atoms with E-state index in [-0.39, 0.29) is 17.5 Å². The first kappa shape index (κ1) is 13.9. The summed E-state index contributed by atoms with van der Waals surface area (Å²) in [4.78, 5) is 34.3. The van der Waals surface area contributed by atoms with E-state index in [1.807, 2.05) is 54.6 Å². The van der Waals surface area contributed by atoms with Gasteiger partial charge in [-0.3, -0.25) is 14.5 Å². The van der Waals surface area contributed by atoms with Gasteiger partial charge in [-0.1, -0.05) is 48.5 Å². The molecule has 2 aromatic carbocycles. The largest absolute Gasteiger partial charge is 0.353 e. The number of fused-ring (bicyclic) bond motifs is 5. The Kier molecular flexibility index (Phi) is 2.65. The molecular weight excluding hydrogens is 314 g/mol. The first-order valence-corrected chi connectivity index (χ1v) is 7.99. The lowest BCUT2D eigenvalue weighted by atomic mass is 10.0. The van der Waals surface area contributed by atoms with Gasteiger partial charge in [0.2, 0.25) is 0 Å². The number of H-pyrrole nitrogens is 1. The van der Waals surface area contributed by atoms with Gasteiger partial charge in [0, 0.05) is 28.9 Å². The number of rotatable bonds is 1. The minimum Gasteiger partial charge on any atom is -0.353 e. The zero-order valence-corrected chi connectivity index (χ0v) is 13.4. The molecule has 0 aliphatic carbocycles. The van der Waals surface area contributed by atoms with Gasteiger partial charge in [-0.25, -0.2) is 4.98 Å². The molecule has 4 aromatic rings. The number of hydrogen-bond acceptors (Lipinski definition) is 3. The maximum Gasteiger partial charge on any atom is 0.279 e. The van der Waals surface area contributed by atoms with E-state index in [1.54, 1.807) is 0 Å². The van der Waals surface area contributed by atoms with Crippen LogP contribution in [0, 0.1) is 0 Å². The summed E-state index contributed by atoms with van der Waals surface area (Å²) in [6, 6.07) is 17.5. The highest BCUT2D eigenvalue weighted by molar-refractivity contribution is 6.30. The summed E-state index contributed by atoms with van der Waals surface area (Å²) in [5.74, 6) is -0.661. The van der Waals surface area contributed by atoms with Gasteiger partial charge in [0.15, 0.2) is 0 Å². The van der Waals surface area contributed by atoms with Gasteiger partial charge in [0.05, 0.1) is 16.8 Å². The molecule has 0 bridgehead atoms. The monoisotopic (exact) mass is 327 g/mol. The fourth-order valence-corrected chi connectivity index (χ4v) is 3.51. The van der Waals surface area contributed by atoms with E-state index in [9.17, 15) is 9.59 Å². The Morgan fingerprint density at radius 2 is 1.60 bits per heavy atom. The highest BCUT2D eigenvalue weighted by Crippen LogP contribution is 2.38. The number of imide groups is 1. The Hall–Kier alpha value is -3.47. The van der Waals surface area contributed by atoms with E-state index < -0.39 is 0 Å². The van der Waals surface area contributed by atoms with Crippen LogP contribution in [0.25, 0.3) is 33.1 Å². The van der Waals surface area contributed by atoms with E-state index in [4.69, 9.17) is 0 Å². The fourth-order valence-electron chi connectivity index (χ4n) is 3.51. The number of nitrogens with zero attached hydrogens (tertiary/aromatic N) is 2. The molecule has 2 aromatic heterocycles. The number of aromatic amines is 1. The van der Waals surface area contributed by atoms with Crippen LogP contribution in [0.2, 0.25) is 0 Å². The molecule has 3 heterocycles. The number of carbonyl (C=O) groups excluding carboxylic acids is 2. The molecule has 0 radical (unpaired) electrons. The summed E-state index contributed by atoms with van der Waals surface area (Å²) in [6.07, 6.45) is 0. The van der Waals surface area contributed by atoms with Crippen LogP contribution >= 0.6 is 0 Å². The second kappa shape index (κ2) is 4.77. The first-order valence-electron chi connectivity index (χ1n) is 7.99. The van der Waals surface area contributed by atoms with Crippen molar-refractivity contribution in [2.45, 2.75) is 0 Å². The minimum absolute atomic E-state index is 0.226. The van der Waals surface area contributed by atoms with Crippen LogP contribution in [0.5, 0.6) is 0 Å². The van der Waals surface area contributed by atoms with Crippen LogP contribution in [0.15, 0.2) is 54.6 Å². The molecule has 1 aliphatic rings. The van der Waals surface area contributed by atoms with Crippen molar-refractivity contribution in [3.63, 3.8) is 0 Å². The molecule has 1 N–H and O–H groups in total. The van der Waals surface area contributed by atoms with Gasteiger partial charge < -0.3 is 4.98 Å². The van der Waals surface area contributed by atoms with Gasteiger partial charge >= 0.3 is 0 Å². The maximum absolute atomic E-state index is 12.7. The number of carbonyl (C=O) groups is 2. The summed E-state index contributed by atoms with van der Waals surface area (Å²) < 4.78 is 0. The molecule has 0 atom stereocenters. The standard InChI is InChI=1S/C20H13N3O2/c1-23-19(24)15-14-12-9-5-6-10-13(12)21-17(14)16(22-18(15)20(23)25)11-7-3-2-4-8-11/h2-10,21H,1H3. The Labute approximate surface area is 142 Å². The fraction of sp³-hybridized carbons (Fsp3) is 0.0500. The van der Waals surface area contributed by atoms with E-state index in [0.29, 0.717) is 11.3 Å². The average molecular weight is 327 g/mol. The third kappa shape index (κ3) is 1.75. The first-order chi connectivity index (χ1) is 12.2. The predicted octanol–water partition coefficient (Wildman–Crippen LogP) is 3.61. The van der Waals surface area contributed by atoms with Gasteiger partial charge in [-0.15, -0.1) is 0 Å². The second-order valence-corrected chi connectivity index (χ2v) is 6.14. The highest BCUT2D eigenvalue weighted by atomic mass is 16.2. The molecule has 2 amide bonds. The highest BCUT2D eigenvalue weighted by Gasteiger charge is 2.38. The number of hydrogen-bond donors (Lipinski definition) is 1. The second-order valence-electron chi connectivity index (χ2n) is 6.14. The molecular formula is C20H13N3O2. The zero-order chi connectivity index (χ0) is 17.1. The van der Waals surface area contributed by atoms with Crippen molar-refractivity contribution in [2.75, 3.05) is 7.05 Å². The van der Waals surface area contributed by atoms with E-state index in [0.717, 1.165) is 32.3 Å². The SMILES string of the molecule is CN1C(=O)c2nc(-c3ccccc3)c3[nH]c4ccccc4c3c2C1=O. The van der Waals surface area contributed by atoms with Crippen LogP contribution in [-0.4, -0.2) is 33.7 Å². The summed E-state index contributed by atoms with van der Waals surface area (Å²) in [5, 5.41) is 1.69. The molecule has 0 unspecified atom stereocenters. The quantitative estimate of drug-likeness (QED) is 0.543. The Morgan fingerprint density at radius 3 is 2.40 bits per heavy atom. The normalized spacial score (nSPS) is 13.9. The Balaban J connectivity index is 2.02. The van der Waals surface area contributed by atoms with E-state index >= 15 is 0 Å². The van der Waals surface area contributed by atoms with Crippen LogP contribution in [-0.2, 0) is 0 Å². The van der Waals surface area contributed by atoms with Crippen LogP contribution in [0.1, 0.15) is 20.8 Å². The summed E-state index contributed by atoms with van der Waals surface area (Å²) in [6.45, 7) is 0. The number of aromatic nitrogens is 2. The number of nitrogens with one attached hydrogen (secondary N) is 1. The third-order valence-electron chi connectivity index (χ3n) is 4.73. The van der Waals surface area contributed by atoms with Gasteiger partial charge in [0.25, 0.3) is 11.8 Å². The molecule has 5 rings (SSSR count). The van der Waals surface area contributed by atoms with Crippen molar-refractivity contribution in [1.29, 1.82) is 0 Å². The van der Waals surface area contributed by atoms with Gasteiger partial charge in [-0.2, -0.15) is 0 Å². The molecule has 0 fully saturated rings. The molecule has 0 saturated carbocycles. The summed E-state index contributed by atoms with van der Waals surface area (Å²) in [5.41, 5.74) is 3.89. The smallest absolute Gasteiger partial charge is 0.279 e. The molecule has 1 aliphatic heterocycles. The van der Waals surface area contributed by atoms with Crippen molar-refractivity contribution >= 4 is 33.6 Å². The van der Waals surface area contributed by atoms with Crippen molar-refractivity contribution in [1.82, 2.24) is 14.9 Å².